The number of nitrogens with one attached hydrogen (secondary N) is 1. The second-order valence-corrected chi connectivity index (χ2v) is 7.34. The fraction of sp³-hybridized carbons (Fsp3) is 0.765. The summed E-state index contributed by atoms with van der Waals surface area (Å²) in [7, 11) is 0. The van der Waals surface area contributed by atoms with Crippen LogP contribution >= 0.6 is 0 Å². The van der Waals surface area contributed by atoms with E-state index in [-0.39, 0.29) is 24.9 Å². The number of fused-ring (bicyclic) bond motifs is 2. The van der Waals surface area contributed by atoms with E-state index < -0.39 is 11.9 Å². The van der Waals surface area contributed by atoms with E-state index in [0.717, 1.165) is 17.9 Å². The van der Waals surface area contributed by atoms with Crippen molar-refractivity contribution in [2.24, 2.45) is 17.8 Å². The number of hydrogen-bond acceptors (Lipinski definition) is 2. The molecule has 2 aliphatic rings. The molecule has 0 saturated heterocycles. The fourth-order valence-electron chi connectivity index (χ4n) is 4.42. The molecule has 1 aromatic heterocycles. The summed E-state index contributed by atoms with van der Waals surface area (Å²) in [6, 6.07) is 1.15. The average molecular weight is 343 g/mol. The lowest BCUT2D eigenvalue weighted by Gasteiger charge is -2.28. The molecule has 1 heterocycles. The molecule has 0 aromatic carbocycles. The highest BCUT2D eigenvalue weighted by molar-refractivity contribution is 5.76. The van der Waals surface area contributed by atoms with Crippen molar-refractivity contribution >= 4 is 5.91 Å². The number of rotatable bonds is 5. The van der Waals surface area contributed by atoms with E-state index in [1.54, 1.807) is 6.92 Å². The maximum absolute atomic E-state index is 12.6. The minimum atomic E-state index is -4.45. The number of hydrogen-bond donors (Lipinski definition) is 1. The number of amides is 1. The van der Waals surface area contributed by atoms with Crippen molar-refractivity contribution in [2.45, 2.75) is 64.7 Å². The first-order chi connectivity index (χ1) is 11.2. The van der Waals surface area contributed by atoms with Crippen molar-refractivity contribution in [1.82, 2.24) is 15.1 Å². The molecule has 0 aliphatic heterocycles. The molecule has 24 heavy (non-hydrogen) atoms. The van der Waals surface area contributed by atoms with Gasteiger partial charge in [0.25, 0.3) is 0 Å². The summed E-state index contributed by atoms with van der Waals surface area (Å²) in [5, 5.41) is 6.58. The number of carbonyl (C=O) groups is 1. The van der Waals surface area contributed by atoms with Crippen LogP contribution < -0.4 is 5.32 Å². The second-order valence-electron chi connectivity index (χ2n) is 7.34. The standard InChI is InChI=1S/C17H24F3N3O/c1-10-7-15(17(18,19)20)22-23(10)6-5-16(24)21-11(2)14-9-12-3-4-13(14)8-12/h7,11-14H,3-6,8-9H2,1-2H3,(H,21,24)/t11-,12+,13+,14+/m1/s1. The van der Waals surface area contributed by atoms with Gasteiger partial charge in [-0.1, -0.05) is 6.42 Å². The van der Waals surface area contributed by atoms with Crippen LogP contribution in [0.4, 0.5) is 13.2 Å². The average Bonchev–Trinajstić information content (AvgIpc) is 3.19. The summed E-state index contributed by atoms with van der Waals surface area (Å²) in [5.41, 5.74) is -0.493. The van der Waals surface area contributed by atoms with Gasteiger partial charge in [0, 0.05) is 24.7 Å². The van der Waals surface area contributed by atoms with Gasteiger partial charge in [0.2, 0.25) is 5.91 Å². The van der Waals surface area contributed by atoms with Gasteiger partial charge in [-0.3, -0.25) is 9.48 Å². The highest BCUT2D eigenvalue weighted by Gasteiger charge is 2.42. The van der Waals surface area contributed by atoms with Crippen LogP contribution in [-0.4, -0.2) is 21.7 Å². The van der Waals surface area contributed by atoms with Crippen LogP contribution in [0.5, 0.6) is 0 Å². The Balaban J connectivity index is 1.50. The first kappa shape index (κ1) is 17.3. The largest absolute Gasteiger partial charge is 0.435 e. The minimum absolute atomic E-state index is 0.117. The van der Waals surface area contributed by atoms with Gasteiger partial charge in [-0.05, 0) is 56.9 Å². The molecule has 0 radical (unpaired) electrons. The summed E-state index contributed by atoms with van der Waals surface area (Å²) in [5.74, 6) is 1.99. The van der Waals surface area contributed by atoms with E-state index in [9.17, 15) is 18.0 Å². The zero-order valence-electron chi connectivity index (χ0n) is 14.1. The number of aryl methyl sites for hydroxylation is 2. The number of carbonyl (C=O) groups excluding carboxylic acids is 1. The van der Waals surface area contributed by atoms with Crippen molar-refractivity contribution in [1.29, 1.82) is 0 Å². The smallest absolute Gasteiger partial charge is 0.353 e. The van der Waals surface area contributed by atoms with Crippen molar-refractivity contribution in [3.63, 3.8) is 0 Å². The first-order valence-electron chi connectivity index (χ1n) is 8.65. The fourth-order valence-corrected chi connectivity index (χ4v) is 4.42. The highest BCUT2D eigenvalue weighted by atomic mass is 19.4. The van der Waals surface area contributed by atoms with E-state index in [4.69, 9.17) is 0 Å². The zero-order chi connectivity index (χ0) is 17.5. The molecule has 4 atom stereocenters. The Kier molecular flexibility index (Phi) is 4.62. The molecule has 2 fully saturated rings. The number of alkyl halides is 3. The van der Waals surface area contributed by atoms with E-state index in [1.165, 1.54) is 30.4 Å². The van der Waals surface area contributed by atoms with E-state index >= 15 is 0 Å². The van der Waals surface area contributed by atoms with Gasteiger partial charge in [0.15, 0.2) is 5.69 Å². The Bertz CT molecular complexity index is 611. The zero-order valence-corrected chi connectivity index (χ0v) is 14.1. The number of halogens is 3. The molecule has 3 rings (SSSR count). The molecule has 2 bridgehead atoms. The summed E-state index contributed by atoms with van der Waals surface area (Å²) >= 11 is 0. The lowest BCUT2D eigenvalue weighted by atomic mass is 9.84. The second kappa shape index (κ2) is 6.41. The number of aromatic nitrogens is 2. The van der Waals surface area contributed by atoms with Crippen LogP contribution in [0.2, 0.25) is 0 Å². The van der Waals surface area contributed by atoms with Gasteiger partial charge in [-0.2, -0.15) is 18.3 Å². The molecule has 7 heteroatoms. The summed E-state index contributed by atoms with van der Waals surface area (Å²) in [6.07, 6.45) is 0.765. The molecular weight excluding hydrogens is 319 g/mol. The molecule has 134 valence electrons. The highest BCUT2D eigenvalue weighted by Crippen LogP contribution is 2.49. The Morgan fingerprint density at radius 1 is 1.42 bits per heavy atom. The maximum Gasteiger partial charge on any atom is 0.435 e. The van der Waals surface area contributed by atoms with E-state index in [1.807, 2.05) is 6.92 Å². The first-order valence-corrected chi connectivity index (χ1v) is 8.65. The van der Waals surface area contributed by atoms with Crippen molar-refractivity contribution < 1.29 is 18.0 Å². The molecule has 4 nitrogen and oxygen atoms in total. The van der Waals surface area contributed by atoms with Crippen LogP contribution in [-0.2, 0) is 17.5 Å². The monoisotopic (exact) mass is 343 g/mol. The van der Waals surface area contributed by atoms with Crippen LogP contribution in [0, 0.1) is 24.7 Å². The molecule has 0 spiro atoms. The van der Waals surface area contributed by atoms with Gasteiger partial charge in [0.05, 0.1) is 0 Å². The molecule has 2 aliphatic carbocycles. The summed E-state index contributed by atoms with van der Waals surface area (Å²) < 4.78 is 39.2. The Hall–Kier alpha value is -1.53. The Labute approximate surface area is 139 Å². The quantitative estimate of drug-likeness (QED) is 0.889. The van der Waals surface area contributed by atoms with Crippen LogP contribution in [0.1, 0.15) is 50.4 Å². The third-order valence-corrected chi connectivity index (χ3v) is 5.65. The van der Waals surface area contributed by atoms with Crippen LogP contribution in [0.25, 0.3) is 0 Å². The normalized spacial score (nSPS) is 27.5. The third kappa shape index (κ3) is 3.59. The van der Waals surface area contributed by atoms with Crippen LogP contribution in [0.15, 0.2) is 6.07 Å². The predicted molar refractivity (Wildman–Crippen MR) is 83.1 cm³/mol. The molecule has 1 N–H and O–H groups in total. The molecule has 2 saturated carbocycles. The predicted octanol–water partition coefficient (Wildman–Crippen LogP) is 3.54. The molecular formula is C17H24F3N3O. The minimum Gasteiger partial charge on any atom is -0.353 e. The SMILES string of the molecule is Cc1cc(C(F)(F)F)nn1CCC(=O)N[C@H](C)[C@@H]1C[C@H]2CC[C@H]1C2. The van der Waals surface area contributed by atoms with Crippen LogP contribution in [0.3, 0.4) is 0 Å². The van der Waals surface area contributed by atoms with Gasteiger partial charge >= 0.3 is 6.18 Å². The summed E-state index contributed by atoms with van der Waals surface area (Å²) in [6.45, 7) is 3.78. The number of nitrogens with zero attached hydrogens (tertiary/aromatic N) is 2. The lowest BCUT2D eigenvalue weighted by Crippen LogP contribution is -2.40. The molecule has 1 amide bonds. The molecule has 0 unspecified atom stereocenters. The van der Waals surface area contributed by atoms with E-state index in [2.05, 4.69) is 10.4 Å². The van der Waals surface area contributed by atoms with Gasteiger partial charge < -0.3 is 5.32 Å². The van der Waals surface area contributed by atoms with Gasteiger partial charge in [-0.15, -0.1) is 0 Å². The van der Waals surface area contributed by atoms with E-state index in [0.29, 0.717) is 11.6 Å². The van der Waals surface area contributed by atoms with Gasteiger partial charge in [-0.25, -0.2) is 0 Å². The Morgan fingerprint density at radius 3 is 2.71 bits per heavy atom. The van der Waals surface area contributed by atoms with Crippen molar-refractivity contribution in [2.75, 3.05) is 0 Å². The van der Waals surface area contributed by atoms with Gasteiger partial charge in [0.1, 0.15) is 0 Å². The van der Waals surface area contributed by atoms with Crippen molar-refractivity contribution in [3.8, 4) is 0 Å². The Morgan fingerprint density at radius 2 is 2.17 bits per heavy atom. The summed E-state index contributed by atoms with van der Waals surface area (Å²) in [4.78, 5) is 12.1. The third-order valence-electron chi connectivity index (χ3n) is 5.65. The van der Waals surface area contributed by atoms with Crippen molar-refractivity contribution in [3.05, 3.63) is 17.5 Å². The maximum atomic E-state index is 12.6. The topological polar surface area (TPSA) is 46.9 Å². The lowest BCUT2D eigenvalue weighted by molar-refractivity contribution is -0.141. The molecule has 1 aromatic rings.